The second-order valence-corrected chi connectivity index (χ2v) is 7.98. The molecule has 2 aliphatic heterocycles. The van der Waals surface area contributed by atoms with E-state index in [1.54, 1.807) is 12.0 Å². The topological polar surface area (TPSA) is 80.9 Å². The van der Waals surface area contributed by atoms with Crippen LogP contribution in [0.1, 0.15) is 29.8 Å². The third-order valence-corrected chi connectivity index (χ3v) is 6.24. The van der Waals surface area contributed by atoms with Gasteiger partial charge < -0.3 is 24.1 Å². The van der Waals surface area contributed by atoms with E-state index >= 15 is 0 Å². The number of carbonyl (C=O) groups is 2. The fourth-order valence-corrected chi connectivity index (χ4v) is 4.72. The standard InChI is InChI=1S/C23H21ClN2O5/c1-12(27)18-9-16-15-5-4-14(29-2)8-17(15)25-22(16)23(26(18)21(28)10-24)13-3-6-19-20(7-13)31-11-30-19/h3-8,18,23,25H,9-11H2,1-2H3/t18-,23-/m1/s1. The quantitative estimate of drug-likeness (QED) is 0.627. The molecule has 0 saturated carbocycles. The average molecular weight is 441 g/mol. The van der Waals surface area contributed by atoms with Crippen LogP contribution in [0, 0.1) is 0 Å². The summed E-state index contributed by atoms with van der Waals surface area (Å²) in [5.74, 6) is 1.39. The molecule has 1 amide bonds. The number of hydrogen-bond donors (Lipinski definition) is 1. The van der Waals surface area contributed by atoms with Crippen molar-refractivity contribution in [1.29, 1.82) is 0 Å². The number of ketones is 1. The minimum absolute atomic E-state index is 0.0854. The Balaban J connectivity index is 1.75. The Morgan fingerprint density at radius 1 is 1.19 bits per heavy atom. The van der Waals surface area contributed by atoms with E-state index in [2.05, 4.69) is 4.98 Å². The number of amides is 1. The first-order valence-electron chi connectivity index (χ1n) is 9.97. The second-order valence-electron chi connectivity index (χ2n) is 7.71. The van der Waals surface area contributed by atoms with Crippen molar-refractivity contribution >= 4 is 34.2 Å². The molecule has 0 unspecified atom stereocenters. The molecule has 7 nitrogen and oxygen atoms in total. The van der Waals surface area contributed by atoms with E-state index in [1.165, 1.54) is 6.92 Å². The van der Waals surface area contributed by atoms with E-state index in [1.807, 2.05) is 36.4 Å². The van der Waals surface area contributed by atoms with Crippen LogP contribution in [0.25, 0.3) is 10.9 Å². The van der Waals surface area contributed by atoms with E-state index in [0.717, 1.165) is 33.5 Å². The van der Waals surface area contributed by atoms with Crippen molar-refractivity contribution < 1.29 is 23.8 Å². The lowest BCUT2D eigenvalue weighted by Gasteiger charge is -2.41. The van der Waals surface area contributed by atoms with Crippen molar-refractivity contribution in [1.82, 2.24) is 9.88 Å². The maximum atomic E-state index is 13.0. The van der Waals surface area contributed by atoms with Gasteiger partial charge in [0.25, 0.3) is 0 Å². The first kappa shape index (κ1) is 19.8. The maximum absolute atomic E-state index is 13.0. The lowest BCUT2D eigenvalue weighted by molar-refractivity contribution is -0.139. The summed E-state index contributed by atoms with van der Waals surface area (Å²) < 4.78 is 16.4. The molecule has 8 heteroatoms. The largest absolute Gasteiger partial charge is 0.497 e. The summed E-state index contributed by atoms with van der Waals surface area (Å²) >= 11 is 5.97. The van der Waals surface area contributed by atoms with E-state index < -0.39 is 12.1 Å². The van der Waals surface area contributed by atoms with Crippen LogP contribution in [0.15, 0.2) is 36.4 Å². The van der Waals surface area contributed by atoms with Gasteiger partial charge >= 0.3 is 0 Å². The Kier molecular flexibility index (Phi) is 4.78. The molecule has 2 aromatic carbocycles. The van der Waals surface area contributed by atoms with Crippen LogP contribution in [0.3, 0.4) is 0 Å². The molecular weight excluding hydrogens is 420 g/mol. The molecular formula is C23H21ClN2O5. The van der Waals surface area contributed by atoms with E-state index in [0.29, 0.717) is 17.9 Å². The second kappa shape index (κ2) is 7.50. The van der Waals surface area contributed by atoms with E-state index in [4.69, 9.17) is 25.8 Å². The summed E-state index contributed by atoms with van der Waals surface area (Å²) in [5, 5.41) is 1.01. The molecule has 0 bridgehead atoms. The fourth-order valence-electron chi connectivity index (χ4n) is 4.58. The number of ether oxygens (including phenoxy) is 3. The average Bonchev–Trinajstić information content (AvgIpc) is 3.40. The fraction of sp³-hybridized carbons (Fsp3) is 0.304. The van der Waals surface area contributed by atoms with Gasteiger partial charge in [0.05, 0.1) is 19.2 Å². The summed E-state index contributed by atoms with van der Waals surface area (Å²) in [4.78, 5) is 30.7. The number of nitrogens with zero attached hydrogens (tertiary/aromatic N) is 1. The number of aromatic nitrogens is 1. The van der Waals surface area contributed by atoms with Gasteiger partial charge in [-0.15, -0.1) is 11.6 Å². The lowest BCUT2D eigenvalue weighted by Crippen LogP contribution is -2.51. The van der Waals surface area contributed by atoms with Gasteiger partial charge in [-0.3, -0.25) is 9.59 Å². The number of benzene rings is 2. The minimum atomic E-state index is -0.615. The molecule has 3 heterocycles. The number of halogens is 1. The predicted molar refractivity (Wildman–Crippen MR) is 115 cm³/mol. The number of rotatable bonds is 4. The molecule has 160 valence electrons. The molecule has 0 saturated heterocycles. The molecule has 0 fully saturated rings. The van der Waals surface area contributed by atoms with Gasteiger partial charge in [0, 0.05) is 29.1 Å². The highest BCUT2D eigenvalue weighted by molar-refractivity contribution is 6.27. The lowest BCUT2D eigenvalue weighted by atomic mass is 9.86. The molecule has 5 rings (SSSR count). The third-order valence-electron chi connectivity index (χ3n) is 6.02. The van der Waals surface area contributed by atoms with Crippen molar-refractivity contribution in [3.63, 3.8) is 0 Å². The summed E-state index contributed by atoms with van der Waals surface area (Å²) in [7, 11) is 1.62. The van der Waals surface area contributed by atoms with Crippen molar-refractivity contribution in [2.45, 2.75) is 25.4 Å². The zero-order chi connectivity index (χ0) is 21.7. The summed E-state index contributed by atoms with van der Waals surface area (Å²) in [6.45, 7) is 1.67. The number of carbonyl (C=O) groups excluding carboxylic acids is 2. The number of alkyl halides is 1. The molecule has 1 aromatic heterocycles. The zero-order valence-corrected chi connectivity index (χ0v) is 17.9. The summed E-state index contributed by atoms with van der Waals surface area (Å²) in [6.07, 6.45) is 0.417. The van der Waals surface area contributed by atoms with Crippen LogP contribution < -0.4 is 14.2 Å². The van der Waals surface area contributed by atoms with E-state index in [9.17, 15) is 9.59 Å². The number of hydrogen-bond acceptors (Lipinski definition) is 5. The number of Topliss-reactive ketones (excluding diaryl/α,β-unsaturated/α-hetero) is 1. The molecule has 1 N–H and O–H groups in total. The molecule has 2 aliphatic rings. The summed E-state index contributed by atoms with van der Waals surface area (Å²) in [6, 6.07) is 10.2. The molecule has 0 aliphatic carbocycles. The Bertz CT molecular complexity index is 1200. The number of nitrogens with one attached hydrogen (secondary N) is 1. The van der Waals surface area contributed by atoms with Crippen LogP contribution in [0.2, 0.25) is 0 Å². The van der Waals surface area contributed by atoms with E-state index in [-0.39, 0.29) is 24.4 Å². The Morgan fingerprint density at radius 2 is 2.00 bits per heavy atom. The van der Waals surface area contributed by atoms with Crippen LogP contribution in [-0.2, 0) is 16.0 Å². The van der Waals surface area contributed by atoms with Crippen LogP contribution in [0.4, 0.5) is 0 Å². The van der Waals surface area contributed by atoms with Gasteiger partial charge in [-0.25, -0.2) is 0 Å². The van der Waals surface area contributed by atoms with Gasteiger partial charge in [0.15, 0.2) is 17.3 Å². The van der Waals surface area contributed by atoms with Crippen molar-refractivity contribution in [3.8, 4) is 17.2 Å². The smallest absolute Gasteiger partial charge is 0.238 e. The van der Waals surface area contributed by atoms with Crippen LogP contribution in [0.5, 0.6) is 17.2 Å². The summed E-state index contributed by atoms with van der Waals surface area (Å²) in [5.41, 5.74) is 3.57. The first-order chi connectivity index (χ1) is 15.0. The van der Waals surface area contributed by atoms with Crippen LogP contribution in [-0.4, -0.2) is 47.4 Å². The number of methoxy groups -OCH3 is 1. The van der Waals surface area contributed by atoms with Crippen molar-refractivity contribution in [2.24, 2.45) is 0 Å². The van der Waals surface area contributed by atoms with Gasteiger partial charge in [0.2, 0.25) is 12.7 Å². The molecule has 31 heavy (non-hydrogen) atoms. The normalized spacial score (nSPS) is 19.4. The molecule has 0 spiro atoms. The third kappa shape index (κ3) is 3.11. The maximum Gasteiger partial charge on any atom is 0.238 e. The Morgan fingerprint density at radius 3 is 2.74 bits per heavy atom. The first-order valence-corrected chi connectivity index (χ1v) is 10.5. The van der Waals surface area contributed by atoms with Gasteiger partial charge in [-0.2, -0.15) is 0 Å². The van der Waals surface area contributed by atoms with Crippen LogP contribution >= 0.6 is 11.6 Å². The molecule has 3 aromatic rings. The van der Waals surface area contributed by atoms with Gasteiger partial charge in [-0.05, 0) is 42.3 Å². The zero-order valence-electron chi connectivity index (χ0n) is 17.1. The monoisotopic (exact) mass is 440 g/mol. The number of H-pyrrole nitrogens is 1. The van der Waals surface area contributed by atoms with Crippen molar-refractivity contribution in [2.75, 3.05) is 19.8 Å². The molecule has 2 atom stereocenters. The Hall–Kier alpha value is -3.19. The Labute approximate surface area is 183 Å². The van der Waals surface area contributed by atoms with Crippen molar-refractivity contribution in [3.05, 3.63) is 53.2 Å². The SMILES string of the molecule is COc1ccc2c3c([nH]c2c1)[C@@H](c1ccc2c(c1)OCO2)N(C(=O)CCl)[C@@H](C(C)=O)C3. The van der Waals surface area contributed by atoms with Gasteiger partial charge in [0.1, 0.15) is 11.6 Å². The minimum Gasteiger partial charge on any atom is -0.497 e. The number of fused-ring (bicyclic) bond motifs is 4. The highest BCUT2D eigenvalue weighted by atomic mass is 35.5. The van der Waals surface area contributed by atoms with Gasteiger partial charge in [-0.1, -0.05) is 6.07 Å². The molecule has 0 radical (unpaired) electrons. The predicted octanol–water partition coefficient (Wildman–Crippen LogP) is 3.58. The highest BCUT2D eigenvalue weighted by Gasteiger charge is 2.42. The highest BCUT2D eigenvalue weighted by Crippen LogP contribution is 2.44. The number of aromatic amines is 1.